The van der Waals surface area contributed by atoms with Crippen molar-refractivity contribution < 1.29 is 0 Å². The lowest BCUT2D eigenvalue weighted by Gasteiger charge is -2.60. The first-order chi connectivity index (χ1) is 8.65. The van der Waals surface area contributed by atoms with Crippen molar-refractivity contribution in [1.82, 2.24) is 5.32 Å². The summed E-state index contributed by atoms with van der Waals surface area (Å²) in [5.41, 5.74) is 1.93. The van der Waals surface area contributed by atoms with E-state index < -0.39 is 0 Å². The Bertz CT molecular complexity index is 372. The lowest BCUT2D eigenvalue weighted by atomic mass is 9.48. The molecule has 18 heavy (non-hydrogen) atoms. The maximum Gasteiger partial charge on any atom is 0.0158 e. The van der Waals surface area contributed by atoms with Crippen LogP contribution in [0.5, 0.6) is 0 Å². The lowest BCUT2D eigenvalue weighted by molar-refractivity contribution is -0.0195. The Balaban J connectivity index is 2.18. The number of hydrogen-bond acceptors (Lipinski definition) is 1. The zero-order chi connectivity index (χ0) is 13.2. The van der Waals surface area contributed by atoms with Crippen molar-refractivity contribution in [2.75, 3.05) is 6.54 Å². The summed E-state index contributed by atoms with van der Waals surface area (Å²) in [6.07, 6.45) is 2.47. The molecule has 1 N–H and O–H groups in total. The fourth-order valence-corrected chi connectivity index (χ4v) is 3.97. The van der Waals surface area contributed by atoms with Gasteiger partial charge in [0.15, 0.2) is 0 Å². The maximum atomic E-state index is 3.76. The van der Waals surface area contributed by atoms with Crippen LogP contribution in [0.25, 0.3) is 0 Å². The van der Waals surface area contributed by atoms with Crippen molar-refractivity contribution in [3.63, 3.8) is 0 Å². The second kappa shape index (κ2) is 5.44. The highest BCUT2D eigenvalue weighted by molar-refractivity contribution is 5.29. The van der Waals surface area contributed by atoms with Gasteiger partial charge in [-0.2, -0.15) is 0 Å². The van der Waals surface area contributed by atoms with E-state index in [0.717, 1.165) is 12.5 Å². The smallest absolute Gasteiger partial charge is 0.0158 e. The second-order valence-electron chi connectivity index (χ2n) is 6.04. The summed E-state index contributed by atoms with van der Waals surface area (Å²) in [5, 5.41) is 3.76. The summed E-state index contributed by atoms with van der Waals surface area (Å²) < 4.78 is 0. The Labute approximate surface area is 112 Å². The molecule has 4 unspecified atom stereocenters. The lowest BCUT2D eigenvalue weighted by Crippen LogP contribution is -2.62. The summed E-state index contributed by atoms with van der Waals surface area (Å²) in [5.74, 6) is 1.45. The van der Waals surface area contributed by atoms with Crippen molar-refractivity contribution >= 4 is 0 Å². The van der Waals surface area contributed by atoms with Crippen molar-refractivity contribution in [2.45, 2.75) is 52.5 Å². The number of nitrogens with one attached hydrogen (secondary N) is 1. The molecule has 1 heteroatoms. The summed E-state index contributed by atoms with van der Waals surface area (Å²) in [6.45, 7) is 10.6. The maximum absolute atomic E-state index is 3.76. The van der Waals surface area contributed by atoms with Gasteiger partial charge in [0.2, 0.25) is 0 Å². The number of benzene rings is 1. The SMILES string of the molecule is CCCNC1C(C)C(c2ccccc2)C1(C)CC. The van der Waals surface area contributed by atoms with Crippen LogP contribution in [0, 0.1) is 11.3 Å². The molecular weight excluding hydrogens is 218 g/mol. The van der Waals surface area contributed by atoms with Crippen molar-refractivity contribution in [3.8, 4) is 0 Å². The zero-order valence-electron chi connectivity index (χ0n) is 12.2. The Kier molecular flexibility index (Phi) is 4.11. The van der Waals surface area contributed by atoms with Crippen LogP contribution in [0.3, 0.4) is 0 Å². The fourth-order valence-electron chi connectivity index (χ4n) is 3.97. The van der Waals surface area contributed by atoms with E-state index in [1.807, 2.05) is 0 Å². The van der Waals surface area contributed by atoms with E-state index in [2.05, 4.69) is 63.3 Å². The van der Waals surface area contributed by atoms with Crippen LogP contribution < -0.4 is 5.32 Å². The summed E-state index contributed by atoms with van der Waals surface area (Å²) in [7, 11) is 0. The van der Waals surface area contributed by atoms with Crippen LogP contribution in [0.2, 0.25) is 0 Å². The van der Waals surface area contributed by atoms with Crippen LogP contribution in [-0.4, -0.2) is 12.6 Å². The second-order valence-corrected chi connectivity index (χ2v) is 6.04. The first-order valence-corrected chi connectivity index (χ1v) is 7.43. The molecule has 0 aromatic heterocycles. The van der Waals surface area contributed by atoms with Gasteiger partial charge in [0.25, 0.3) is 0 Å². The molecule has 2 rings (SSSR count). The van der Waals surface area contributed by atoms with E-state index in [9.17, 15) is 0 Å². The molecule has 1 aliphatic rings. The van der Waals surface area contributed by atoms with E-state index in [-0.39, 0.29) is 0 Å². The molecule has 4 atom stereocenters. The van der Waals surface area contributed by atoms with Gasteiger partial charge >= 0.3 is 0 Å². The molecule has 0 aliphatic heterocycles. The molecule has 0 saturated heterocycles. The van der Waals surface area contributed by atoms with E-state index in [0.29, 0.717) is 17.4 Å². The van der Waals surface area contributed by atoms with Crippen LogP contribution in [0.4, 0.5) is 0 Å². The largest absolute Gasteiger partial charge is 0.313 e. The van der Waals surface area contributed by atoms with Crippen molar-refractivity contribution in [2.24, 2.45) is 11.3 Å². The molecule has 0 radical (unpaired) electrons. The molecule has 0 heterocycles. The zero-order valence-corrected chi connectivity index (χ0v) is 12.2. The highest BCUT2D eigenvalue weighted by atomic mass is 15.0. The van der Waals surface area contributed by atoms with Crippen LogP contribution >= 0.6 is 0 Å². The van der Waals surface area contributed by atoms with E-state index in [1.165, 1.54) is 18.4 Å². The number of rotatable bonds is 5. The average Bonchev–Trinajstić information content (AvgIpc) is 2.40. The molecule has 100 valence electrons. The van der Waals surface area contributed by atoms with Gasteiger partial charge in [-0.15, -0.1) is 0 Å². The highest BCUT2D eigenvalue weighted by Crippen LogP contribution is 2.58. The monoisotopic (exact) mass is 245 g/mol. The van der Waals surface area contributed by atoms with Gasteiger partial charge in [-0.3, -0.25) is 0 Å². The fraction of sp³-hybridized carbons (Fsp3) is 0.647. The van der Waals surface area contributed by atoms with Gasteiger partial charge < -0.3 is 5.32 Å². The molecule has 1 aromatic carbocycles. The Morgan fingerprint density at radius 1 is 1.17 bits per heavy atom. The molecule has 0 spiro atoms. The van der Waals surface area contributed by atoms with Gasteiger partial charge in [-0.25, -0.2) is 0 Å². The molecular formula is C17H27N. The Hall–Kier alpha value is -0.820. The van der Waals surface area contributed by atoms with Gasteiger partial charge in [0.1, 0.15) is 0 Å². The van der Waals surface area contributed by atoms with Crippen LogP contribution in [0.1, 0.15) is 52.0 Å². The quantitative estimate of drug-likeness (QED) is 0.819. The molecule has 1 nitrogen and oxygen atoms in total. The average molecular weight is 245 g/mol. The molecule has 1 aliphatic carbocycles. The minimum atomic E-state index is 0.413. The minimum absolute atomic E-state index is 0.413. The predicted octanol–water partition coefficient (Wildman–Crippen LogP) is 4.20. The third-order valence-corrected chi connectivity index (χ3v) is 5.01. The molecule has 0 amide bonds. The van der Waals surface area contributed by atoms with Crippen LogP contribution in [-0.2, 0) is 0 Å². The molecule has 1 aromatic rings. The van der Waals surface area contributed by atoms with Crippen LogP contribution in [0.15, 0.2) is 30.3 Å². The van der Waals surface area contributed by atoms with E-state index in [1.54, 1.807) is 0 Å². The van der Waals surface area contributed by atoms with Crippen molar-refractivity contribution in [3.05, 3.63) is 35.9 Å². The molecule has 1 saturated carbocycles. The summed E-state index contributed by atoms with van der Waals surface area (Å²) in [6, 6.07) is 11.7. The van der Waals surface area contributed by atoms with Gasteiger partial charge in [0, 0.05) is 6.04 Å². The van der Waals surface area contributed by atoms with Gasteiger partial charge in [0.05, 0.1) is 0 Å². The standard InChI is InChI=1S/C17H27N/c1-5-12-18-16-13(3)15(17(16,4)6-2)14-10-8-7-9-11-14/h7-11,13,15-16,18H,5-6,12H2,1-4H3. The molecule has 0 bridgehead atoms. The summed E-state index contributed by atoms with van der Waals surface area (Å²) in [4.78, 5) is 0. The summed E-state index contributed by atoms with van der Waals surface area (Å²) >= 11 is 0. The first kappa shape index (κ1) is 13.6. The van der Waals surface area contributed by atoms with Crippen molar-refractivity contribution in [1.29, 1.82) is 0 Å². The predicted molar refractivity (Wildman–Crippen MR) is 78.8 cm³/mol. The Morgan fingerprint density at radius 2 is 1.83 bits per heavy atom. The Morgan fingerprint density at radius 3 is 2.39 bits per heavy atom. The highest BCUT2D eigenvalue weighted by Gasteiger charge is 2.55. The van der Waals surface area contributed by atoms with Gasteiger partial charge in [-0.05, 0) is 42.2 Å². The first-order valence-electron chi connectivity index (χ1n) is 7.43. The third-order valence-electron chi connectivity index (χ3n) is 5.01. The molecule has 1 fully saturated rings. The third kappa shape index (κ3) is 2.09. The van der Waals surface area contributed by atoms with Gasteiger partial charge in [-0.1, -0.05) is 58.0 Å². The van der Waals surface area contributed by atoms with E-state index >= 15 is 0 Å². The topological polar surface area (TPSA) is 12.0 Å². The minimum Gasteiger partial charge on any atom is -0.313 e. The van der Waals surface area contributed by atoms with E-state index in [4.69, 9.17) is 0 Å². The normalized spacial score (nSPS) is 35.2. The number of hydrogen-bond donors (Lipinski definition) is 1.